The molecule has 0 saturated heterocycles. The Morgan fingerprint density at radius 2 is 1.32 bits per heavy atom. The molecule has 0 saturated carbocycles. The van der Waals surface area contributed by atoms with E-state index in [1.54, 1.807) is 39.0 Å². The smallest absolute Gasteiger partial charge is 0.0199 e. The number of hydrogen-bond donors (Lipinski definition) is 0. The lowest BCUT2D eigenvalue weighted by molar-refractivity contribution is 0.461. The molecule has 0 bridgehead atoms. The van der Waals surface area contributed by atoms with Gasteiger partial charge in [-0.05, 0) is 159 Å². The molecule has 0 heterocycles. The second-order valence-corrected chi connectivity index (χ2v) is 16.9. The Bertz CT molecular complexity index is 2360. The minimum Gasteiger partial charge on any atom is -0.0842 e. The maximum Gasteiger partial charge on any atom is 0.0199 e. The molecule has 0 spiro atoms. The summed E-state index contributed by atoms with van der Waals surface area (Å²) in [5.74, 6) is 2.46. The third-order valence-electron chi connectivity index (χ3n) is 13.6. The summed E-state index contributed by atoms with van der Waals surface area (Å²) in [7, 11) is 0. The van der Waals surface area contributed by atoms with Crippen molar-refractivity contribution in [1.29, 1.82) is 0 Å². The molecule has 264 valence electrons. The molecule has 1 aromatic rings. The molecule has 0 nitrogen and oxygen atoms in total. The Hall–Kier alpha value is -4.68. The van der Waals surface area contributed by atoms with E-state index in [1.807, 2.05) is 0 Å². The Morgan fingerprint density at radius 1 is 0.585 bits per heavy atom. The third kappa shape index (κ3) is 5.81. The quantitative estimate of drug-likeness (QED) is 0.279. The average Bonchev–Trinajstić information content (AvgIpc) is 3.23. The zero-order valence-electron chi connectivity index (χ0n) is 31.6. The van der Waals surface area contributed by atoms with Crippen LogP contribution in [-0.2, 0) is 0 Å². The van der Waals surface area contributed by atoms with Crippen molar-refractivity contribution in [2.24, 2.45) is 29.6 Å². The van der Waals surface area contributed by atoms with Crippen LogP contribution >= 0.6 is 0 Å². The maximum atomic E-state index is 2.67. The predicted octanol–water partition coefficient (Wildman–Crippen LogP) is 12.1. The molecule has 9 aliphatic carbocycles. The highest BCUT2D eigenvalue weighted by molar-refractivity contribution is 5.89. The molecule has 0 amide bonds. The molecule has 4 atom stereocenters. The monoisotopic (exact) mass is 688 g/mol. The molecular weight excluding hydrogens is 637 g/mol. The topological polar surface area (TPSA) is 0 Å². The van der Waals surface area contributed by atoms with Crippen LogP contribution in [0.15, 0.2) is 178 Å². The fraction of sp³-hybridized carbons (Fsp3) is 0.321. The maximum absolute atomic E-state index is 2.67. The first kappa shape index (κ1) is 32.9. The zero-order valence-corrected chi connectivity index (χ0v) is 31.6. The van der Waals surface area contributed by atoms with E-state index in [-0.39, 0.29) is 0 Å². The predicted molar refractivity (Wildman–Crippen MR) is 225 cm³/mol. The van der Waals surface area contributed by atoms with Gasteiger partial charge in [-0.15, -0.1) is 0 Å². The SMILES string of the molecule is CC(C)C1=CC=C2C3=c4c(cccc4=C(C4=CC(C5=CCCC(C6=CC=CCC6)=C5)=CC(C5C=CC=C(C6=CC=CCC6)C5)C4)CC3)C3=CC=CC1C23. The molecule has 0 fully saturated rings. The van der Waals surface area contributed by atoms with Crippen LogP contribution in [0.1, 0.15) is 83.6 Å². The highest BCUT2D eigenvalue weighted by Gasteiger charge is 2.40. The first-order valence-corrected chi connectivity index (χ1v) is 20.7. The van der Waals surface area contributed by atoms with Crippen LogP contribution in [0.5, 0.6) is 0 Å². The highest BCUT2D eigenvalue weighted by atomic mass is 14.4. The van der Waals surface area contributed by atoms with Crippen LogP contribution in [0, 0.1) is 29.6 Å². The van der Waals surface area contributed by atoms with Gasteiger partial charge in [0, 0.05) is 11.8 Å². The van der Waals surface area contributed by atoms with E-state index in [2.05, 4.69) is 141 Å². The third-order valence-corrected chi connectivity index (χ3v) is 13.6. The summed E-state index contributed by atoms with van der Waals surface area (Å²) in [6, 6.07) is 7.25. The van der Waals surface area contributed by atoms with Crippen LogP contribution in [0.2, 0.25) is 0 Å². The summed E-state index contributed by atoms with van der Waals surface area (Å²) in [5.41, 5.74) is 20.0. The Kier molecular flexibility index (Phi) is 8.47. The lowest BCUT2D eigenvalue weighted by atomic mass is 9.62. The minimum atomic E-state index is 0.457. The number of hydrogen-bond acceptors (Lipinski definition) is 0. The van der Waals surface area contributed by atoms with Gasteiger partial charge in [0.2, 0.25) is 0 Å². The fourth-order valence-electron chi connectivity index (χ4n) is 11.0. The van der Waals surface area contributed by atoms with E-state index in [0.29, 0.717) is 29.6 Å². The number of allylic oxidation sites excluding steroid dienone is 28. The Morgan fingerprint density at radius 3 is 2.13 bits per heavy atom. The van der Waals surface area contributed by atoms with Gasteiger partial charge in [-0.3, -0.25) is 0 Å². The Labute approximate surface area is 316 Å². The molecule has 4 unspecified atom stereocenters. The van der Waals surface area contributed by atoms with Gasteiger partial charge >= 0.3 is 0 Å². The minimum absolute atomic E-state index is 0.457. The van der Waals surface area contributed by atoms with Crippen LogP contribution in [-0.4, -0.2) is 0 Å². The van der Waals surface area contributed by atoms with E-state index in [1.165, 1.54) is 56.7 Å². The van der Waals surface area contributed by atoms with Crippen LogP contribution in [0.25, 0.3) is 16.7 Å². The van der Waals surface area contributed by atoms with Crippen molar-refractivity contribution in [1.82, 2.24) is 0 Å². The van der Waals surface area contributed by atoms with Crippen molar-refractivity contribution in [2.45, 2.75) is 78.1 Å². The summed E-state index contributed by atoms with van der Waals surface area (Å²) < 4.78 is 0. The van der Waals surface area contributed by atoms with Gasteiger partial charge < -0.3 is 0 Å². The second kappa shape index (κ2) is 13.6. The molecule has 53 heavy (non-hydrogen) atoms. The van der Waals surface area contributed by atoms with Gasteiger partial charge in [0.05, 0.1) is 0 Å². The van der Waals surface area contributed by atoms with Gasteiger partial charge in [-0.1, -0.05) is 147 Å². The Balaban J connectivity index is 1.10. The number of benzene rings is 1. The van der Waals surface area contributed by atoms with Crippen molar-refractivity contribution in [3.05, 3.63) is 194 Å². The van der Waals surface area contributed by atoms with E-state index in [9.17, 15) is 0 Å². The fourth-order valence-corrected chi connectivity index (χ4v) is 11.0. The standard InChI is InChI=1S/C53H52/c1-34(2)44-25-27-50-51-28-26-45(47-22-12-24-49(53(47)51)48-23-11-21-46(44)52(48)50)43-32-41(39-19-9-17-37(29-39)35-13-5-3-6-14-35)31-42(33-43)40-20-10-18-38(30-40)36-15-7-4-8-16-36/h3-5,7,9,11-13,15,17,19-25,27,30-31,33-34,39,41,46,52H,6,8,10,14,16,18,26,28-29,32H2,1-2H3. The largest absolute Gasteiger partial charge is 0.0842 e. The average molecular weight is 689 g/mol. The van der Waals surface area contributed by atoms with E-state index < -0.39 is 0 Å². The van der Waals surface area contributed by atoms with Gasteiger partial charge in [0.15, 0.2) is 0 Å². The number of rotatable bonds is 6. The van der Waals surface area contributed by atoms with Gasteiger partial charge in [-0.25, -0.2) is 0 Å². The van der Waals surface area contributed by atoms with Crippen LogP contribution < -0.4 is 10.4 Å². The molecule has 0 N–H and O–H groups in total. The zero-order chi connectivity index (χ0) is 35.5. The van der Waals surface area contributed by atoms with Crippen molar-refractivity contribution in [3.63, 3.8) is 0 Å². The van der Waals surface area contributed by atoms with Gasteiger partial charge in [-0.2, -0.15) is 0 Å². The van der Waals surface area contributed by atoms with Gasteiger partial charge in [0.25, 0.3) is 0 Å². The molecule has 10 rings (SSSR count). The molecule has 1 aromatic carbocycles. The van der Waals surface area contributed by atoms with Gasteiger partial charge in [0.1, 0.15) is 0 Å². The van der Waals surface area contributed by atoms with E-state index in [4.69, 9.17) is 0 Å². The van der Waals surface area contributed by atoms with Crippen molar-refractivity contribution < 1.29 is 0 Å². The highest BCUT2D eigenvalue weighted by Crippen LogP contribution is 2.51. The number of fused-ring (bicyclic) bond motifs is 2. The molecule has 0 radical (unpaired) electrons. The first-order valence-electron chi connectivity index (χ1n) is 20.7. The summed E-state index contributed by atoms with van der Waals surface area (Å²) in [6.07, 6.45) is 55.2. The molecular formula is C53H52. The van der Waals surface area contributed by atoms with Crippen LogP contribution in [0.4, 0.5) is 0 Å². The van der Waals surface area contributed by atoms with Crippen molar-refractivity contribution in [3.8, 4) is 0 Å². The molecule has 0 heteroatoms. The van der Waals surface area contributed by atoms with E-state index in [0.717, 1.165) is 51.4 Å². The summed E-state index contributed by atoms with van der Waals surface area (Å²) in [4.78, 5) is 0. The van der Waals surface area contributed by atoms with Crippen LogP contribution in [0.3, 0.4) is 0 Å². The summed E-state index contributed by atoms with van der Waals surface area (Å²) in [5, 5.41) is 3.02. The second-order valence-electron chi connectivity index (χ2n) is 16.9. The molecule has 0 aromatic heterocycles. The molecule has 9 aliphatic rings. The van der Waals surface area contributed by atoms with Crippen molar-refractivity contribution >= 4 is 16.7 Å². The van der Waals surface area contributed by atoms with Crippen molar-refractivity contribution in [2.75, 3.05) is 0 Å². The summed E-state index contributed by atoms with van der Waals surface area (Å²) >= 11 is 0. The lowest BCUT2D eigenvalue weighted by Crippen LogP contribution is -2.42. The summed E-state index contributed by atoms with van der Waals surface area (Å²) in [6.45, 7) is 4.73. The van der Waals surface area contributed by atoms with E-state index >= 15 is 0 Å². The lowest BCUT2D eigenvalue weighted by Gasteiger charge is -2.42. The molecule has 0 aliphatic heterocycles. The normalized spacial score (nSPS) is 28.4. The first-order chi connectivity index (χ1) is 26.1.